The van der Waals surface area contributed by atoms with Gasteiger partial charge in [0.05, 0.1) is 33.5 Å². The number of hydrogen-bond acceptors (Lipinski definition) is 24. The van der Waals surface area contributed by atoms with Crippen LogP contribution in [0.5, 0.6) is 23.0 Å². The molecule has 0 bridgehead atoms. The summed E-state index contributed by atoms with van der Waals surface area (Å²) >= 11 is 1.90. The second kappa shape index (κ2) is 49.4. The van der Waals surface area contributed by atoms with Crippen LogP contribution >= 0.6 is 23.5 Å². The van der Waals surface area contributed by atoms with Crippen LogP contribution in [0.3, 0.4) is 0 Å². The number of thioether (sulfide) groups is 2. The SMILES string of the molecule is C=C(C)C(=O)NC(Cc1ccc(O)c(O)c1)C(=O)O.C=C(C)C(=O)OCCOC(=O)CCC(=O)CCCCCCCCCC/C=C1\SC(=O)NC1=O.CCC(C)(C(=O)NC(C(=O)O)c1ccc(O)c(O)c1)C(C)(CC)C(=O)OCCOC(=O)CCC(=O)CCCCCCCCCC/C=C1\SC(=O)NC1=O. The van der Waals surface area contributed by atoms with Crippen LogP contribution in [0.25, 0.3) is 0 Å². The summed E-state index contributed by atoms with van der Waals surface area (Å²) in [4.78, 5) is 167. The molecule has 10 N–H and O–H groups in total. The number of ketones is 2. The van der Waals surface area contributed by atoms with Crippen molar-refractivity contribution in [2.75, 3.05) is 26.4 Å². The maximum Gasteiger partial charge on any atom is 0.333 e. The number of esters is 4. The molecule has 30 heteroatoms. The first-order chi connectivity index (χ1) is 49.7. The van der Waals surface area contributed by atoms with Gasteiger partial charge in [-0.1, -0.05) is 128 Å². The van der Waals surface area contributed by atoms with Crippen LogP contribution in [-0.2, 0) is 82.9 Å². The van der Waals surface area contributed by atoms with Crippen molar-refractivity contribution in [1.82, 2.24) is 21.3 Å². The molecule has 105 heavy (non-hydrogen) atoms. The molecule has 2 aromatic rings. The maximum absolute atomic E-state index is 13.6. The number of unbranched alkanes of at least 4 members (excludes halogenated alkanes) is 16. The number of aromatic hydroxyl groups is 4. The molecule has 2 fully saturated rings. The van der Waals surface area contributed by atoms with Gasteiger partial charge in [0, 0.05) is 43.3 Å². The summed E-state index contributed by atoms with van der Waals surface area (Å²) in [5.41, 5.74) is -1.85. The number of amides is 6. The Morgan fingerprint density at radius 2 is 0.924 bits per heavy atom. The van der Waals surface area contributed by atoms with Crippen LogP contribution in [0.4, 0.5) is 9.59 Å². The van der Waals surface area contributed by atoms with Gasteiger partial charge in [-0.2, -0.15) is 0 Å². The minimum Gasteiger partial charge on any atom is -0.504 e. The third-order valence-electron chi connectivity index (χ3n) is 17.4. The number of carboxylic acid groups (broad SMARTS) is 2. The molecular weight excluding hydrogens is 1400 g/mol. The topological polar surface area (TPSA) is 445 Å². The van der Waals surface area contributed by atoms with Crippen molar-refractivity contribution in [3.63, 3.8) is 0 Å². The molecule has 0 saturated carbocycles. The lowest BCUT2D eigenvalue weighted by molar-refractivity contribution is -0.172. The minimum absolute atomic E-state index is 0.0117. The Morgan fingerprint density at radius 1 is 0.505 bits per heavy atom. The summed E-state index contributed by atoms with van der Waals surface area (Å²) in [6, 6.07) is 4.66. The maximum atomic E-state index is 13.6. The van der Waals surface area contributed by atoms with Gasteiger partial charge in [0.1, 0.15) is 44.0 Å². The molecule has 2 saturated heterocycles. The van der Waals surface area contributed by atoms with Gasteiger partial charge in [0.15, 0.2) is 29.0 Å². The number of nitrogens with one attached hydrogen (secondary N) is 4. The Kier molecular flexibility index (Phi) is 43.2. The molecule has 6 amide bonds. The number of hydrogen-bond donors (Lipinski definition) is 10. The summed E-state index contributed by atoms with van der Waals surface area (Å²) in [5, 5.41) is 65.4. The highest BCUT2D eigenvalue weighted by Gasteiger charge is 2.54. The Labute approximate surface area is 621 Å². The number of Topliss-reactive ketones (excluding diaryl/α,β-unsaturated/α-hetero) is 2. The lowest BCUT2D eigenvalue weighted by Gasteiger charge is -2.42. The van der Waals surface area contributed by atoms with Crippen LogP contribution in [0, 0.1) is 10.8 Å². The second-order valence-corrected chi connectivity index (χ2v) is 27.7. The van der Waals surface area contributed by atoms with E-state index in [1.807, 2.05) is 12.2 Å². The van der Waals surface area contributed by atoms with Gasteiger partial charge in [-0.3, -0.25) is 63.4 Å². The molecular formula is C75H104N4O24S2. The number of phenols is 4. The van der Waals surface area contributed by atoms with Crippen molar-refractivity contribution in [3.8, 4) is 23.0 Å². The molecule has 2 aliphatic heterocycles. The minimum atomic E-state index is -1.57. The van der Waals surface area contributed by atoms with Crippen molar-refractivity contribution in [1.29, 1.82) is 0 Å². The van der Waals surface area contributed by atoms with Gasteiger partial charge in [-0.15, -0.1) is 0 Å². The van der Waals surface area contributed by atoms with E-state index >= 15 is 0 Å². The van der Waals surface area contributed by atoms with E-state index in [1.54, 1.807) is 20.8 Å². The first-order valence-electron chi connectivity index (χ1n) is 35.3. The van der Waals surface area contributed by atoms with Crippen LogP contribution in [-0.4, -0.2) is 145 Å². The highest BCUT2D eigenvalue weighted by molar-refractivity contribution is 8.18. The van der Waals surface area contributed by atoms with Crippen LogP contribution < -0.4 is 21.3 Å². The fraction of sp³-hybridized carbons (Fsp3) is 0.547. The average Bonchev–Trinajstić information content (AvgIpc) is 1.47. The summed E-state index contributed by atoms with van der Waals surface area (Å²) < 4.78 is 20.3. The Bertz CT molecular complexity index is 3440. The number of carbonyl (C=O) groups is 14. The largest absolute Gasteiger partial charge is 0.504 e. The molecule has 28 nitrogen and oxygen atoms in total. The fourth-order valence-corrected chi connectivity index (χ4v) is 11.8. The molecule has 2 aliphatic rings. The number of imide groups is 2. The Hall–Kier alpha value is -9.32. The van der Waals surface area contributed by atoms with Gasteiger partial charge in [-0.25, -0.2) is 14.4 Å². The standard InChI is InChI=1S/C38H54N2O12S.C24H35NO7S.C13H15NO5/c1-5-37(3,34(48)39-31(33(46)47)25-18-20-27(42)28(43)24-25)38(4,6-2)35(49)52-23-22-51-30(44)21-19-26(41)16-14-12-10-8-7-9-11-13-15-17-29-32(45)40-36(50)53-29;1-18(2)23(29)32-17-16-31-21(27)15-14-19(26)12-10-8-6-4-3-5-7-9-11-13-20-22(28)25-24(30)33-20;1-7(2)12(17)14-9(13(18)19)5-8-3-4-10(15)11(16)6-8/h17-18,20,24,31,42-43H,5-16,19,21-23H2,1-4H3,(H,39,48)(H,46,47)(H,40,45,50);13H,1,3-12,14-17H2,2H3,(H,25,28,30);3-4,6,9,15-16H,1,5H2,2H3,(H,14,17)(H,18,19)/b29-17-;20-13-;. The second-order valence-electron chi connectivity index (χ2n) is 25.7. The van der Waals surface area contributed by atoms with E-state index in [4.69, 9.17) is 29.2 Å². The van der Waals surface area contributed by atoms with Gasteiger partial charge < -0.3 is 60.2 Å². The van der Waals surface area contributed by atoms with E-state index in [9.17, 15) is 87.5 Å². The zero-order valence-electron chi connectivity index (χ0n) is 61.0. The van der Waals surface area contributed by atoms with Gasteiger partial charge >= 0.3 is 35.8 Å². The molecule has 0 aromatic heterocycles. The molecule has 4 atom stereocenters. The van der Waals surface area contributed by atoms with Crippen LogP contribution in [0.1, 0.15) is 226 Å². The van der Waals surface area contributed by atoms with E-state index in [-0.39, 0.29) is 133 Å². The lowest BCUT2D eigenvalue weighted by atomic mass is 9.61. The molecule has 2 heterocycles. The molecule has 0 spiro atoms. The molecule has 4 unspecified atom stereocenters. The predicted molar refractivity (Wildman–Crippen MR) is 391 cm³/mol. The average molecular weight is 1510 g/mol. The number of rotatable bonds is 48. The summed E-state index contributed by atoms with van der Waals surface area (Å²) in [6.07, 6.45) is 22.9. The number of ether oxygens (including phenoxy) is 4. The number of carboxylic acids is 2. The number of benzene rings is 2. The van der Waals surface area contributed by atoms with Crippen molar-refractivity contribution in [2.45, 2.75) is 227 Å². The van der Waals surface area contributed by atoms with E-state index < -0.39 is 82.0 Å². The molecule has 4 rings (SSSR count). The third kappa shape index (κ3) is 35.3. The highest BCUT2D eigenvalue weighted by Crippen LogP contribution is 2.46. The van der Waals surface area contributed by atoms with Gasteiger partial charge in [-0.05, 0) is 138 Å². The number of carbonyl (C=O) groups excluding carboxylic acids is 12. The number of allylic oxidation sites excluding steroid dienone is 2. The Morgan fingerprint density at radius 3 is 1.31 bits per heavy atom. The number of aliphatic carboxylic acids is 2. The van der Waals surface area contributed by atoms with Crippen molar-refractivity contribution in [3.05, 3.63) is 93.8 Å². The molecule has 0 radical (unpaired) electrons. The van der Waals surface area contributed by atoms with Crippen LogP contribution in [0.2, 0.25) is 0 Å². The predicted octanol–water partition coefficient (Wildman–Crippen LogP) is 11.9. The Balaban J connectivity index is 0.000000607. The van der Waals surface area contributed by atoms with Gasteiger partial charge in [0.25, 0.3) is 22.3 Å². The van der Waals surface area contributed by atoms with Crippen molar-refractivity contribution in [2.24, 2.45) is 10.8 Å². The van der Waals surface area contributed by atoms with Crippen LogP contribution in [0.15, 0.2) is 82.7 Å². The van der Waals surface area contributed by atoms with E-state index in [1.165, 1.54) is 45.0 Å². The molecule has 2 aromatic carbocycles. The third-order valence-corrected chi connectivity index (χ3v) is 19.1. The van der Waals surface area contributed by atoms with Gasteiger partial charge in [0.2, 0.25) is 11.8 Å². The highest BCUT2D eigenvalue weighted by atomic mass is 32.2. The zero-order chi connectivity index (χ0) is 78.7. The molecule has 580 valence electrons. The van der Waals surface area contributed by atoms with Crippen molar-refractivity contribution < 1.29 is 117 Å². The first-order valence-corrected chi connectivity index (χ1v) is 36.9. The monoisotopic (exact) mass is 1510 g/mol. The van der Waals surface area contributed by atoms with E-state index in [0.717, 1.165) is 151 Å². The van der Waals surface area contributed by atoms with E-state index in [2.05, 4.69) is 34.4 Å². The van der Waals surface area contributed by atoms with E-state index in [0.29, 0.717) is 28.2 Å². The quantitative estimate of drug-likeness (QED) is 0.00967. The normalized spacial score (nSPS) is 14.8. The smallest absolute Gasteiger partial charge is 0.333 e. The summed E-state index contributed by atoms with van der Waals surface area (Å²) in [6.45, 7) is 15.8. The van der Waals surface area contributed by atoms with Crippen molar-refractivity contribution >= 4 is 105 Å². The number of phenolic OH excluding ortho intramolecular Hbond substituents is 4. The first kappa shape index (κ1) is 91.8. The fourth-order valence-electron chi connectivity index (χ4n) is 10.5. The zero-order valence-corrected chi connectivity index (χ0v) is 62.6. The summed E-state index contributed by atoms with van der Waals surface area (Å²) in [7, 11) is 0. The summed E-state index contributed by atoms with van der Waals surface area (Å²) in [5.74, 6) is -8.41. The lowest BCUT2D eigenvalue weighted by Crippen LogP contribution is -2.54. The molecule has 0 aliphatic carbocycles.